The van der Waals surface area contributed by atoms with Crippen LogP contribution in [-0.2, 0) is 10.0 Å². The number of pyridine rings is 1. The number of hydrogen-bond acceptors (Lipinski definition) is 4. The van der Waals surface area contributed by atoms with Gasteiger partial charge in [0.2, 0.25) is 10.0 Å². The lowest BCUT2D eigenvalue weighted by molar-refractivity contribution is 0.164. The summed E-state index contributed by atoms with van der Waals surface area (Å²) >= 11 is 5.64. The number of aliphatic hydroxyl groups is 1. The van der Waals surface area contributed by atoms with Crippen LogP contribution in [-0.4, -0.2) is 31.2 Å². The lowest BCUT2D eigenvalue weighted by atomic mass is 9.86. The summed E-state index contributed by atoms with van der Waals surface area (Å²) in [6.45, 7) is 0.00601. The molecule has 1 heterocycles. The monoisotopic (exact) mass is 304 g/mol. The molecule has 1 aromatic heterocycles. The molecule has 1 fully saturated rings. The second-order valence-electron chi connectivity index (χ2n) is 4.77. The van der Waals surface area contributed by atoms with Gasteiger partial charge in [0.25, 0.3) is 0 Å². The van der Waals surface area contributed by atoms with Gasteiger partial charge in [0.1, 0.15) is 10.0 Å². The van der Waals surface area contributed by atoms with Crippen LogP contribution in [0.2, 0.25) is 5.15 Å². The minimum atomic E-state index is -3.60. The van der Waals surface area contributed by atoms with E-state index in [-0.39, 0.29) is 28.6 Å². The first-order valence-electron chi connectivity index (χ1n) is 6.27. The Morgan fingerprint density at radius 2 is 2.11 bits per heavy atom. The molecule has 1 aliphatic carbocycles. The Balaban J connectivity index is 2.14. The molecule has 19 heavy (non-hydrogen) atoms. The highest BCUT2D eigenvalue weighted by Crippen LogP contribution is 2.25. The lowest BCUT2D eigenvalue weighted by Crippen LogP contribution is -2.43. The van der Waals surface area contributed by atoms with Gasteiger partial charge in [-0.1, -0.05) is 24.4 Å². The van der Waals surface area contributed by atoms with Crippen molar-refractivity contribution in [3.63, 3.8) is 0 Å². The number of nitrogens with zero attached hydrogens (tertiary/aromatic N) is 1. The fourth-order valence-corrected chi connectivity index (χ4v) is 3.77. The topological polar surface area (TPSA) is 79.3 Å². The number of nitrogens with one attached hydrogen (secondary N) is 1. The Labute approximate surface area is 118 Å². The van der Waals surface area contributed by atoms with Crippen molar-refractivity contribution in [3.05, 3.63) is 23.5 Å². The van der Waals surface area contributed by atoms with Gasteiger partial charge in [0.05, 0.1) is 0 Å². The van der Waals surface area contributed by atoms with Crippen molar-refractivity contribution in [3.8, 4) is 0 Å². The second-order valence-corrected chi connectivity index (χ2v) is 6.87. The summed E-state index contributed by atoms with van der Waals surface area (Å²) in [5.74, 6) is -0.0104. The van der Waals surface area contributed by atoms with Crippen LogP contribution in [0.4, 0.5) is 0 Å². The Hall–Kier alpha value is -0.690. The molecule has 2 rings (SSSR count). The third kappa shape index (κ3) is 3.66. The molecule has 2 unspecified atom stereocenters. The average molecular weight is 305 g/mol. The van der Waals surface area contributed by atoms with Crippen molar-refractivity contribution < 1.29 is 13.5 Å². The molecule has 0 radical (unpaired) electrons. The maximum Gasteiger partial charge on any atom is 0.242 e. The minimum absolute atomic E-state index is 0.00601. The number of aromatic nitrogens is 1. The van der Waals surface area contributed by atoms with Crippen LogP contribution in [0.5, 0.6) is 0 Å². The van der Waals surface area contributed by atoms with E-state index in [1.54, 1.807) is 0 Å². The van der Waals surface area contributed by atoms with E-state index in [0.29, 0.717) is 0 Å². The number of aliphatic hydroxyl groups excluding tert-OH is 1. The molecule has 2 atom stereocenters. The van der Waals surface area contributed by atoms with Crippen molar-refractivity contribution in [2.24, 2.45) is 5.92 Å². The van der Waals surface area contributed by atoms with E-state index in [4.69, 9.17) is 11.6 Å². The summed E-state index contributed by atoms with van der Waals surface area (Å²) < 4.78 is 27.1. The van der Waals surface area contributed by atoms with Gasteiger partial charge < -0.3 is 5.11 Å². The standard InChI is InChI=1S/C12H17ClN2O3S/c13-12-6-5-10(7-14-12)19(17,18)15-11-4-2-1-3-9(11)8-16/h5-7,9,11,15-16H,1-4,8H2. The third-order valence-electron chi connectivity index (χ3n) is 3.46. The van der Waals surface area contributed by atoms with Crippen LogP contribution in [0.1, 0.15) is 25.7 Å². The zero-order valence-electron chi connectivity index (χ0n) is 10.4. The van der Waals surface area contributed by atoms with Gasteiger partial charge in [-0.2, -0.15) is 0 Å². The maximum absolute atomic E-state index is 12.2. The molecule has 0 spiro atoms. The number of halogens is 1. The molecule has 2 N–H and O–H groups in total. The van der Waals surface area contributed by atoms with E-state index in [0.717, 1.165) is 25.7 Å². The quantitative estimate of drug-likeness (QED) is 0.828. The first kappa shape index (κ1) is 14.7. The van der Waals surface area contributed by atoms with E-state index in [1.807, 2.05) is 0 Å². The number of rotatable bonds is 4. The average Bonchev–Trinajstić information content (AvgIpc) is 2.39. The smallest absolute Gasteiger partial charge is 0.242 e. The van der Waals surface area contributed by atoms with Crippen LogP contribution < -0.4 is 4.72 Å². The Kier molecular flexibility index (Phi) is 4.78. The van der Waals surface area contributed by atoms with E-state index >= 15 is 0 Å². The minimum Gasteiger partial charge on any atom is -0.396 e. The number of hydrogen-bond donors (Lipinski definition) is 2. The summed E-state index contributed by atoms with van der Waals surface area (Å²) in [7, 11) is -3.60. The van der Waals surface area contributed by atoms with Gasteiger partial charge in [-0.15, -0.1) is 0 Å². The molecule has 0 amide bonds. The second kappa shape index (κ2) is 6.17. The van der Waals surface area contributed by atoms with Gasteiger partial charge in [-0.05, 0) is 30.9 Å². The predicted octanol–water partition coefficient (Wildman–Crippen LogP) is 1.56. The van der Waals surface area contributed by atoms with Crippen molar-refractivity contribution in [1.82, 2.24) is 9.71 Å². The Morgan fingerprint density at radius 1 is 1.37 bits per heavy atom. The van der Waals surface area contributed by atoms with Gasteiger partial charge in [0, 0.05) is 18.8 Å². The summed E-state index contributed by atoms with van der Waals surface area (Å²) in [5.41, 5.74) is 0. The first-order valence-corrected chi connectivity index (χ1v) is 8.14. The Bertz CT molecular complexity index is 518. The molecule has 0 aliphatic heterocycles. The van der Waals surface area contributed by atoms with Crippen molar-refractivity contribution in [2.75, 3.05) is 6.61 Å². The fraction of sp³-hybridized carbons (Fsp3) is 0.583. The van der Waals surface area contributed by atoms with Gasteiger partial charge in [-0.3, -0.25) is 0 Å². The SMILES string of the molecule is O=S(=O)(NC1CCCCC1CO)c1ccc(Cl)nc1. The van der Waals surface area contributed by atoms with Gasteiger partial charge in [0.15, 0.2) is 0 Å². The predicted molar refractivity (Wildman–Crippen MR) is 72.4 cm³/mol. The largest absolute Gasteiger partial charge is 0.396 e. The molecule has 0 bridgehead atoms. The summed E-state index contributed by atoms with van der Waals surface area (Å²) in [6.07, 6.45) is 4.85. The van der Waals surface area contributed by atoms with Crippen LogP contribution >= 0.6 is 11.6 Å². The molecular weight excluding hydrogens is 288 g/mol. The Morgan fingerprint density at radius 3 is 2.74 bits per heavy atom. The zero-order valence-corrected chi connectivity index (χ0v) is 12.0. The molecule has 7 heteroatoms. The van der Waals surface area contributed by atoms with Crippen molar-refractivity contribution in [2.45, 2.75) is 36.6 Å². The molecule has 1 aromatic rings. The highest BCUT2D eigenvalue weighted by atomic mass is 35.5. The lowest BCUT2D eigenvalue weighted by Gasteiger charge is -2.30. The molecule has 1 aliphatic rings. The highest BCUT2D eigenvalue weighted by molar-refractivity contribution is 7.89. The molecule has 0 aromatic carbocycles. The maximum atomic E-state index is 12.2. The van der Waals surface area contributed by atoms with Crippen LogP contribution in [0, 0.1) is 5.92 Å². The van der Waals surface area contributed by atoms with E-state index in [1.165, 1.54) is 18.3 Å². The molecule has 106 valence electrons. The van der Waals surface area contributed by atoms with Crippen molar-refractivity contribution >= 4 is 21.6 Å². The van der Waals surface area contributed by atoms with Gasteiger partial charge in [-0.25, -0.2) is 18.1 Å². The van der Waals surface area contributed by atoms with Gasteiger partial charge >= 0.3 is 0 Å². The summed E-state index contributed by atoms with van der Waals surface area (Å²) in [5, 5.41) is 9.56. The number of sulfonamides is 1. The highest BCUT2D eigenvalue weighted by Gasteiger charge is 2.29. The molecule has 5 nitrogen and oxygen atoms in total. The van der Waals surface area contributed by atoms with Crippen molar-refractivity contribution in [1.29, 1.82) is 0 Å². The van der Waals surface area contributed by atoms with Crippen LogP contribution in [0.25, 0.3) is 0 Å². The molecule has 1 saturated carbocycles. The summed E-state index contributed by atoms with van der Waals surface area (Å²) in [4.78, 5) is 3.87. The normalized spacial score (nSPS) is 24.3. The fourth-order valence-electron chi connectivity index (χ4n) is 2.37. The van der Waals surface area contributed by atoms with E-state index in [2.05, 4.69) is 9.71 Å². The summed E-state index contributed by atoms with van der Waals surface area (Å²) in [6, 6.07) is 2.66. The van der Waals surface area contributed by atoms with Crippen LogP contribution in [0.3, 0.4) is 0 Å². The van der Waals surface area contributed by atoms with E-state index < -0.39 is 10.0 Å². The molecule has 0 saturated heterocycles. The molecular formula is C12H17ClN2O3S. The van der Waals surface area contributed by atoms with Crippen LogP contribution in [0.15, 0.2) is 23.2 Å². The third-order valence-corrected chi connectivity index (χ3v) is 5.16. The van der Waals surface area contributed by atoms with E-state index in [9.17, 15) is 13.5 Å². The zero-order chi connectivity index (χ0) is 13.9. The first-order chi connectivity index (χ1) is 9.03.